The standard InChI is InChI=1S/C29H27F6N9O/c1-14(2)44-12-19(28(30,31)32)39-26(44)17-9-7-16(8-10-17)23(29(33,34)35)40-25-22-18(11-43(3)42-22)38-24(41-25)20-21(15-5-6-15)36-13-37-27(20)45-4/h7-15,23H,5-6H2,1-4H3,(H,38,40,41). The van der Waals surface area contributed by atoms with E-state index in [4.69, 9.17) is 4.74 Å². The number of hydrogen-bond donors (Lipinski definition) is 1. The van der Waals surface area contributed by atoms with Gasteiger partial charge in [-0.3, -0.25) is 4.68 Å². The van der Waals surface area contributed by atoms with Gasteiger partial charge in [0.25, 0.3) is 0 Å². The molecule has 1 aliphatic carbocycles. The Labute approximate surface area is 252 Å². The zero-order valence-electron chi connectivity index (χ0n) is 24.4. The number of alkyl halides is 6. The van der Waals surface area contributed by atoms with E-state index in [9.17, 15) is 26.3 Å². The summed E-state index contributed by atoms with van der Waals surface area (Å²) in [7, 11) is 3.03. The predicted octanol–water partition coefficient (Wildman–Crippen LogP) is 6.89. The van der Waals surface area contributed by atoms with E-state index < -0.39 is 24.1 Å². The van der Waals surface area contributed by atoms with E-state index >= 15 is 0 Å². The first-order chi connectivity index (χ1) is 21.2. The van der Waals surface area contributed by atoms with Crippen molar-refractivity contribution < 1.29 is 31.1 Å². The Hall–Kier alpha value is -4.76. The molecular formula is C29H27F6N9O. The van der Waals surface area contributed by atoms with E-state index in [1.54, 1.807) is 27.1 Å². The molecule has 0 saturated heterocycles. The number of ether oxygens (including phenoxy) is 1. The van der Waals surface area contributed by atoms with E-state index in [2.05, 4.69) is 35.3 Å². The molecule has 4 aromatic heterocycles. The minimum atomic E-state index is -4.81. The van der Waals surface area contributed by atoms with Crippen molar-refractivity contribution in [3.8, 4) is 28.7 Å². The lowest BCUT2D eigenvalue weighted by Gasteiger charge is -2.23. The normalized spacial score (nSPS) is 14.7. The maximum absolute atomic E-state index is 14.6. The van der Waals surface area contributed by atoms with Crippen molar-refractivity contribution in [1.29, 1.82) is 0 Å². The third-order valence-electron chi connectivity index (χ3n) is 7.39. The second-order valence-corrected chi connectivity index (χ2v) is 11.0. The summed E-state index contributed by atoms with van der Waals surface area (Å²) >= 11 is 0. The summed E-state index contributed by atoms with van der Waals surface area (Å²) in [4.78, 5) is 21.3. The van der Waals surface area contributed by atoms with E-state index in [0.29, 0.717) is 11.3 Å². The lowest BCUT2D eigenvalue weighted by molar-refractivity contribution is -0.144. The van der Waals surface area contributed by atoms with Crippen molar-refractivity contribution in [1.82, 2.24) is 39.3 Å². The monoisotopic (exact) mass is 631 g/mol. The second kappa shape index (κ2) is 11.0. The highest BCUT2D eigenvalue weighted by Gasteiger charge is 2.42. The van der Waals surface area contributed by atoms with E-state index in [1.807, 2.05) is 0 Å². The Morgan fingerprint density at radius 1 is 0.956 bits per heavy atom. The average Bonchev–Trinajstić information content (AvgIpc) is 3.59. The van der Waals surface area contributed by atoms with Crippen molar-refractivity contribution in [2.45, 2.75) is 57.0 Å². The molecule has 0 spiro atoms. The summed E-state index contributed by atoms with van der Waals surface area (Å²) in [6.45, 7) is 3.37. The van der Waals surface area contributed by atoms with Crippen molar-refractivity contribution >= 4 is 16.9 Å². The maximum Gasteiger partial charge on any atom is 0.434 e. The number of fused-ring (bicyclic) bond motifs is 1. The number of benzene rings is 1. The third-order valence-corrected chi connectivity index (χ3v) is 7.39. The fourth-order valence-corrected chi connectivity index (χ4v) is 5.10. The minimum Gasteiger partial charge on any atom is -0.480 e. The summed E-state index contributed by atoms with van der Waals surface area (Å²) in [6.07, 6.45) is -3.91. The van der Waals surface area contributed by atoms with Crippen molar-refractivity contribution in [2.75, 3.05) is 12.4 Å². The van der Waals surface area contributed by atoms with Gasteiger partial charge in [0, 0.05) is 30.8 Å². The summed E-state index contributed by atoms with van der Waals surface area (Å²) in [5.41, 5.74) is 0.368. The van der Waals surface area contributed by atoms with Crippen LogP contribution in [0.3, 0.4) is 0 Å². The van der Waals surface area contributed by atoms with Crippen LogP contribution in [0.25, 0.3) is 33.8 Å². The van der Waals surface area contributed by atoms with Crippen LogP contribution in [0.4, 0.5) is 32.2 Å². The van der Waals surface area contributed by atoms with Gasteiger partial charge in [-0.1, -0.05) is 24.3 Å². The Bertz CT molecular complexity index is 1860. The van der Waals surface area contributed by atoms with E-state index in [1.165, 1.54) is 47.0 Å². The number of imidazole rings is 1. The Balaban J connectivity index is 1.42. The van der Waals surface area contributed by atoms with Gasteiger partial charge in [0.1, 0.15) is 29.3 Å². The van der Waals surface area contributed by atoms with Gasteiger partial charge in [0.05, 0.1) is 19.0 Å². The Morgan fingerprint density at radius 3 is 2.27 bits per heavy atom. The quantitative estimate of drug-likeness (QED) is 0.185. The lowest BCUT2D eigenvalue weighted by Crippen LogP contribution is -2.28. The molecule has 1 saturated carbocycles. The van der Waals surface area contributed by atoms with E-state index in [0.717, 1.165) is 19.0 Å². The van der Waals surface area contributed by atoms with Crippen LogP contribution in [0, 0.1) is 0 Å². The molecule has 0 bridgehead atoms. The third kappa shape index (κ3) is 5.88. The first-order valence-electron chi connectivity index (χ1n) is 13.9. The smallest absolute Gasteiger partial charge is 0.434 e. The van der Waals surface area contributed by atoms with Crippen LogP contribution >= 0.6 is 0 Å². The molecule has 45 heavy (non-hydrogen) atoms. The van der Waals surface area contributed by atoms with Crippen molar-refractivity contribution in [3.63, 3.8) is 0 Å². The molecule has 1 unspecified atom stereocenters. The molecule has 1 aromatic carbocycles. The van der Waals surface area contributed by atoms with Crippen LogP contribution < -0.4 is 10.1 Å². The number of nitrogens with one attached hydrogen (secondary N) is 1. The van der Waals surface area contributed by atoms with Gasteiger partial charge in [-0.2, -0.15) is 31.4 Å². The number of halogens is 6. The van der Waals surface area contributed by atoms with E-state index in [-0.39, 0.29) is 57.5 Å². The number of nitrogens with zero attached hydrogens (tertiary/aromatic N) is 8. The number of hydrogen-bond acceptors (Lipinski definition) is 8. The Kier molecular flexibility index (Phi) is 7.40. The zero-order valence-corrected chi connectivity index (χ0v) is 24.4. The molecule has 4 heterocycles. The van der Waals surface area contributed by atoms with Crippen molar-refractivity contribution in [3.05, 3.63) is 59.9 Å². The molecule has 6 rings (SSSR count). The Morgan fingerprint density at radius 2 is 1.67 bits per heavy atom. The first-order valence-corrected chi connectivity index (χ1v) is 13.9. The number of aromatic nitrogens is 8. The average molecular weight is 632 g/mol. The van der Waals surface area contributed by atoms with Crippen LogP contribution in [-0.2, 0) is 13.2 Å². The molecule has 1 atom stereocenters. The fraction of sp³-hybridized carbons (Fsp3) is 0.379. The number of aryl methyl sites for hydroxylation is 1. The van der Waals surface area contributed by atoms with Gasteiger partial charge in [0.2, 0.25) is 5.88 Å². The van der Waals surface area contributed by atoms with Gasteiger partial charge in [-0.05, 0) is 32.3 Å². The van der Waals surface area contributed by atoms with Crippen LogP contribution in [0.1, 0.15) is 61.6 Å². The molecule has 0 amide bonds. The molecule has 10 nitrogen and oxygen atoms in total. The van der Waals surface area contributed by atoms with Gasteiger partial charge >= 0.3 is 12.4 Å². The molecule has 16 heteroatoms. The van der Waals surface area contributed by atoms with Gasteiger partial charge in [-0.15, -0.1) is 0 Å². The molecule has 236 valence electrons. The van der Waals surface area contributed by atoms with Crippen LogP contribution in [0.2, 0.25) is 0 Å². The highest BCUT2D eigenvalue weighted by atomic mass is 19.4. The number of rotatable bonds is 8. The summed E-state index contributed by atoms with van der Waals surface area (Å²) in [5, 5.41) is 6.80. The molecule has 0 aliphatic heterocycles. The minimum absolute atomic E-state index is 0.0125. The topological polar surface area (TPSA) is 108 Å². The summed E-state index contributed by atoms with van der Waals surface area (Å²) in [5.74, 6) is 0.204. The van der Waals surface area contributed by atoms with Crippen LogP contribution in [0.5, 0.6) is 5.88 Å². The van der Waals surface area contributed by atoms with Gasteiger partial charge < -0.3 is 14.6 Å². The van der Waals surface area contributed by atoms with Gasteiger partial charge in [-0.25, -0.2) is 24.9 Å². The number of anilines is 1. The van der Waals surface area contributed by atoms with Crippen LogP contribution in [-0.4, -0.2) is 52.6 Å². The predicted molar refractivity (Wildman–Crippen MR) is 151 cm³/mol. The molecule has 5 aromatic rings. The summed E-state index contributed by atoms with van der Waals surface area (Å²) in [6, 6.07) is 2.38. The second-order valence-electron chi connectivity index (χ2n) is 11.0. The van der Waals surface area contributed by atoms with Gasteiger partial charge in [0.15, 0.2) is 22.9 Å². The van der Waals surface area contributed by atoms with Crippen molar-refractivity contribution in [2.24, 2.45) is 7.05 Å². The molecule has 1 aliphatic rings. The fourth-order valence-electron chi connectivity index (χ4n) is 5.10. The molecule has 1 fully saturated rings. The molecule has 1 N–H and O–H groups in total. The highest BCUT2D eigenvalue weighted by Crippen LogP contribution is 2.45. The molecule has 0 radical (unpaired) electrons. The first kappa shape index (κ1) is 30.3. The lowest BCUT2D eigenvalue weighted by atomic mass is 10.0. The zero-order chi connectivity index (χ0) is 32.3. The molecular weight excluding hydrogens is 604 g/mol. The summed E-state index contributed by atoms with van der Waals surface area (Å²) < 4.78 is 92.2. The highest BCUT2D eigenvalue weighted by molar-refractivity contribution is 5.87. The number of methoxy groups -OCH3 is 1. The largest absolute Gasteiger partial charge is 0.480 e. The van der Waals surface area contributed by atoms with Crippen LogP contribution in [0.15, 0.2) is 43.0 Å². The SMILES string of the molecule is COc1ncnc(C2CC2)c1-c1nc(NC(c2ccc(-c3nc(C(F)(F)F)cn3C(C)C)cc2)C(F)(F)F)c2nn(C)cc2n1. The maximum atomic E-state index is 14.6.